The standard InChI is InChI=1S/C9H6ClNO3S/c1-11-3-5(9(13)14)7-4(8(11)12)2-6(10)15-7/h2-3H,1H3,(H,13,14). The van der Waals surface area contributed by atoms with E-state index in [1.165, 1.54) is 23.9 Å². The molecule has 1 N–H and O–H groups in total. The highest BCUT2D eigenvalue weighted by Gasteiger charge is 2.15. The number of hydrogen-bond acceptors (Lipinski definition) is 3. The highest BCUT2D eigenvalue weighted by molar-refractivity contribution is 7.23. The lowest BCUT2D eigenvalue weighted by Crippen LogP contribution is -2.17. The number of carboxylic acid groups (broad SMARTS) is 1. The van der Waals surface area contributed by atoms with Crippen LogP contribution in [0, 0.1) is 0 Å². The SMILES string of the molecule is Cn1cc(C(=O)O)c2sc(Cl)cc2c1=O. The zero-order valence-electron chi connectivity index (χ0n) is 7.65. The summed E-state index contributed by atoms with van der Waals surface area (Å²) in [7, 11) is 1.51. The van der Waals surface area contributed by atoms with E-state index >= 15 is 0 Å². The lowest BCUT2D eigenvalue weighted by atomic mass is 10.2. The molecule has 2 rings (SSSR count). The number of halogens is 1. The van der Waals surface area contributed by atoms with E-state index in [1.54, 1.807) is 0 Å². The van der Waals surface area contributed by atoms with E-state index in [1.807, 2.05) is 0 Å². The van der Waals surface area contributed by atoms with E-state index in [2.05, 4.69) is 0 Å². The van der Waals surface area contributed by atoms with E-state index in [-0.39, 0.29) is 11.1 Å². The Balaban J connectivity index is 3.00. The molecule has 2 heterocycles. The molecule has 0 saturated carbocycles. The third-order valence-corrected chi connectivity index (χ3v) is 3.35. The molecule has 78 valence electrons. The molecule has 0 fully saturated rings. The Morgan fingerprint density at radius 1 is 1.60 bits per heavy atom. The van der Waals surface area contributed by atoms with Gasteiger partial charge in [0.25, 0.3) is 5.56 Å². The smallest absolute Gasteiger partial charge is 0.338 e. The maximum atomic E-state index is 11.6. The Bertz CT molecular complexity index is 614. The molecule has 0 atom stereocenters. The number of aromatic nitrogens is 1. The molecule has 0 spiro atoms. The average molecular weight is 244 g/mol. The zero-order chi connectivity index (χ0) is 11.2. The summed E-state index contributed by atoms with van der Waals surface area (Å²) >= 11 is 6.86. The van der Waals surface area contributed by atoms with E-state index in [9.17, 15) is 9.59 Å². The van der Waals surface area contributed by atoms with Gasteiger partial charge >= 0.3 is 5.97 Å². The lowest BCUT2D eigenvalue weighted by Gasteiger charge is -2.00. The van der Waals surface area contributed by atoms with Gasteiger partial charge in [-0.15, -0.1) is 11.3 Å². The van der Waals surface area contributed by atoms with Gasteiger partial charge in [-0.3, -0.25) is 4.79 Å². The maximum Gasteiger partial charge on any atom is 0.338 e. The summed E-state index contributed by atoms with van der Waals surface area (Å²) in [6, 6.07) is 1.50. The van der Waals surface area contributed by atoms with Crippen molar-refractivity contribution >= 4 is 39.0 Å². The molecule has 0 aliphatic carbocycles. The van der Waals surface area contributed by atoms with Crippen LogP contribution in [-0.2, 0) is 7.05 Å². The van der Waals surface area contributed by atoms with Crippen LogP contribution < -0.4 is 5.56 Å². The number of thiophene rings is 1. The van der Waals surface area contributed by atoms with Crippen LogP contribution in [0.3, 0.4) is 0 Å². The fourth-order valence-electron chi connectivity index (χ4n) is 1.37. The number of rotatable bonds is 1. The Morgan fingerprint density at radius 3 is 2.87 bits per heavy atom. The predicted octanol–water partition coefficient (Wildman–Crippen LogP) is 1.95. The molecule has 0 radical (unpaired) electrons. The van der Waals surface area contributed by atoms with E-state index in [0.29, 0.717) is 14.4 Å². The summed E-state index contributed by atoms with van der Waals surface area (Å²) < 4.78 is 2.08. The van der Waals surface area contributed by atoms with Crippen molar-refractivity contribution in [1.82, 2.24) is 4.57 Å². The second kappa shape index (κ2) is 3.36. The zero-order valence-corrected chi connectivity index (χ0v) is 9.22. The van der Waals surface area contributed by atoms with Gasteiger partial charge in [-0.05, 0) is 6.07 Å². The fourth-order valence-corrected chi connectivity index (χ4v) is 2.59. The highest BCUT2D eigenvalue weighted by atomic mass is 35.5. The average Bonchev–Trinajstić information content (AvgIpc) is 2.53. The Hall–Kier alpha value is -1.33. The molecule has 6 heteroatoms. The van der Waals surface area contributed by atoms with Crippen LogP contribution >= 0.6 is 22.9 Å². The molecule has 2 aromatic heterocycles. The quantitative estimate of drug-likeness (QED) is 0.833. The summed E-state index contributed by atoms with van der Waals surface area (Å²) in [6.07, 6.45) is 1.31. The molecular formula is C9H6ClNO3S. The first-order chi connectivity index (χ1) is 7.00. The number of aryl methyl sites for hydroxylation is 1. The van der Waals surface area contributed by atoms with Crippen molar-refractivity contribution in [2.75, 3.05) is 0 Å². The molecule has 15 heavy (non-hydrogen) atoms. The minimum absolute atomic E-state index is 0.101. The van der Waals surface area contributed by atoms with Crippen molar-refractivity contribution in [3.8, 4) is 0 Å². The minimum atomic E-state index is -1.06. The molecule has 0 saturated heterocycles. The minimum Gasteiger partial charge on any atom is -0.478 e. The lowest BCUT2D eigenvalue weighted by molar-refractivity contribution is 0.0698. The molecule has 0 aliphatic rings. The number of carbonyl (C=O) groups is 1. The first-order valence-electron chi connectivity index (χ1n) is 4.02. The van der Waals surface area contributed by atoms with Crippen LogP contribution in [0.25, 0.3) is 10.1 Å². The van der Waals surface area contributed by atoms with Crippen molar-refractivity contribution in [2.45, 2.75) is 0 Å². The third-order valence-electron chi connectivity index (χ3n) is 2.05. The second-order valence-corrected chi connectivity index (χ2v) is 4.74. The van der Waals surface area contributed by atoms with Crippen LogP contribution in [0.5, 0.6) is 0 Å². The van der Waals surface area contributed by atoms with E-state index < -0.39 is 5.97 Å². The highest BCUT2D eigenvalue weighted by Crippen LogP contribution is 2.29. The molecule has 0 bridgehead atoms. The van der Waals surface area contributed by atoms with Gasteiger partial charge in [-0.1, -0.05) is 11.6 Å². The topological polar surface area (TPSA) is 59.3 Å². The van der Waals surface area contributed by atoms with Gasteiger partial charge in [0.15, 0.2) is 0 Å². The second-order valence-electron chi connectivity index (χ2n) is 3.06. The summed E-state index contributed by atoms with van der Waals surface area (Å²) in [5.41, 5.74) is -0.137. The number of pyridine rings is 1. The van der Waals surface area contributed by atoms with Crippen molar-refractivity contribution in [2.24, 2.45) is 7.05 Å². The number of fused-ring (bicyclic) bond motifs is 1. The number of carboxylic acids is 1. The van der Waals surface area contributed by atoms with Gasteiger partial charge in [0.1, 0.15) is 0 Å². The summed E-state index contributed by atoms with van der Waals surface area (Å²) in [5, 5.41) is 9.31. The van der Waals surface area contributed by atoms with Crippen molar-refractivity contribution in [1.29, 1.82) is 0 Å². The molecular weight excluding hydrogens is 238 g/mol. The number of hydrogen-bond donors (Lipinski definition) is 1. The van der Waals surface area contributed by atoms with E-state index in [4.69, 9.17) is 16.7 Å². The van der Waals surface area contributed by atoms with Crippen LogP contribution in [0.2, 0.25) is 4.34 Å². The van der Waals surface area contributed by atoms with Gasteiger partial charge < -0.3 is 9.67 Å². The van der Waals surface area contributed by atoms with Crippen molar-refractivity contribution < 1.29 is 9.90 Å². The molecule has 2 aromatic rings. The molecule has 0 unspecified atom stereocenters. The number of nitrogens with zero attached hydrogens (tertiary/aromatic N) is 1. The fraction of sp³-hybridized carbons (Fsp3) is 0.111. The van der Waals surface area contributed by atoms with Crippen molar-refractivity contribution in [3.63, 3.8) is 0 Å². The predicted molar refractivity (Wildman–Crippen MR) is 59.0 cm³/mol. The monoisotopic (exact) mass is 243 g/mol. The van der Waals surface area contributed by atoms with Gasteiger partial charge in [0.2, 0.25) is 0 Å². The number of aromatic carboxylic acids is 1. The Labute approximate surface area is 93.3 Å². The first kappa shape index (κ1) is 10.2. The van der Waals surface area contributed by atoms with Crippen LogP contribution in [0.4, 0.5) is 0 Å². The molecule has 0 aliphatic heterocycles. The molecule has 0 aromatic carbocycles. The third kappa shape index (κ3) is 1.53. The van der Waals surface area contributed by atoms with E-state index in [0.717, 1.165) is 11.3 Å². The largest absolute Gasteiger partial charge is 0.478 e. The normalized spacial score (nSPS) is 10.8. The van der Waals surface area contributed by atoms with Gasteiger partial charge in [0, 0.05) is 13.2 Å². The first-order valence-corrected chi connectivity index (χ1v) is 5.22. The summed E-state index contributed by atoms with van der Waals surface area (Å²) in [5.74, 6) is -1.06. The van der Waals surface area contributed by atoms with Crippen molar-refractivity contribution in [3.05, 3.63) is 32.5 Å². The Morgan fingerprint density at radius 2 is 2.27 bits per heavy atom. The van der Waals surface area contributed by atoms with Gasteiger partial charge in [-0.25, -0.2) is 4.79 Å². The summed E-state index contributed by atoms with van der Waals surface area (Å²) in [6.45, 7) is 0. The summed E-state index contributed by atoms with van der Waals surface area (Å²) in [4.78, 5) is 22.6. The van der Waals surface area contributed by atoms with Crippen LogP contribution in [0.15, 0.2) is 17.1 Å². The van der Waals surface area contributed by atoms with Gasteiger partial charge in [-0.2, -0.15) is 0 Å². The molecule has 0 amide bonds. The van der Waals surface area contributed by atoms with Gasteiger partial charge in [0.05, 0.1) is 20.0 Å². The Kier molecular flexibility index (Phi) is 2.28. The van der Waals surface area contributed by atoms with Crippen LogP contribution in [-0.4, -0.2) is 15.6 Å². The van der Waals surface area contributed by atoms with Crippen LogP contribution in [0.1, 0.15) is 10.4 Å². The maximum absolute atomic E-state index is 11.6. The molecule has 4 nitrogen and oxygen atoms in total.